The highest BCUT2D eigenvalue weighted by Crippen LogP contribution is 2.27. The summed E-state index contributed by atoms with van der Waals surface area (Å²) >= 11 is 1.38. The molecule has 1 aromatic heterocycles. The van der Waals surface area contributed by atoms with E-state index in [0.29, 0.717) is 22.3 Å². The molecule has 0 amide bonds. The zero-order valence-corrected chi connectivity index (χ0v) is 16.0. The zero-order chi connectivity index (χ0) is 19.9. The Morgan fingerprint density at radius 2 is 2.04 bits per heavy atom. The van der Waals surface area contributed by atoms with Gasteiger partial charge in [-0.1, -0.05) is 30.0 Å². The van der Waals surface area contributed by atoms with Crippen LogP contribution in [0.1, 0.15) is 11.4 Å². The molecule has 10 heteroatoms. The smallest absolute Gasteiger partial charge is 0.311 e. The summed E-state index contributed by atoms with van der Waals surface area (Å²) in [5.74, 6) is 1.40. The van der Waals surface area contributed by atoms with Crippen LogP contribution < -0.4 is 9.47 Å². The number of benzene rings is 2. The van der Waals surface area contributed by atoms with E-state index in [2.05, 4.69) is 15.3 Å². The van der Waals surface area contributed by atoms with Gasteiger partial charge in [0.15, 0.2) is 11.6 Å². The molecule has 0 atom stereocenters. The molecule has 3 rings (SSSR count). The summed E-state index contributed by atoms with van der Waals surface area (Å²) in [7, 11) is 1.39. The van der Waals surface area contributed by atoms with E-state index in [0.717, 1.165) is 0 Å². The van der Waals surface area contributed by atoms with Gasteiger partial charge in [0.05, 0.1) is 18.2 Å². The lowest BCUT2D eigenvalue weighted by Crippen LogP contribution is -2.05. The molecular formula is C18H17N5O4S. The van der Waals surface area contributed by atoms with Gasteiger partial charge in [0.2, 0.25) is 5.16 Å². The number of thioether (sulfide) groups is 1. The van der Waals surface area contributed by atoms with E-state index >= 15 is 0 Å². The summed E-state index contributed by atoms with van der Waals surface area (Å²) < 4.78 is 12.3. The van der Waals surface area contributed by atoms with E-state index in [1.165, 1.54) is 37.2 Å². The number of para-hydroxylation sites is 1. The number of ether oxygens (including phenoxy) is 2. The van der Waals surface area contributed by atoms with Crippen molar-refractivity contribution in [1.82, 2.24) is 14.9 Å². The minimum absolute atomic E-state index is 0.132. The van der Waals surface area contributed by atoms with Crippen LogP contribution in [0.15, 0.2) is 58.8 Å². The Labute approximate surface area is 165 Å². The van der Waals surface area contributed by atoms with Crippen molar-refractivity contribution >= 4 is 23.7 Å². The molecule has 0 saturated carbocycles. The number of methoxy groups -OCH3 is 1. The Morgan fingerprint density at radius 1 is 1.25 bits per heavy atom. The van der Waals surface area contributed by atoms with Gasteiger partial charge < -0.3 is 9.47 Å². The second-order valence-electron chi connectivity index (χ2n) is 5.45. The lowest BCUT2D eigenvalue weighted by Gasteiger charge is -2.06. The van der Waals surface area contributed by atoms with Crippen molar-refractivity contribution in [2.75, 3.05) is 13.4 Å². The van der Waals surface area contributed by atoms with Crippen molar-refractivity contribution in [3.05, 3.63) is 70.0 Å². The summed E-state index contributed by atoms with van der Waals surface area (Å²) in [5.41, 5.74) is 0.413. The highest BCUT2D eigenvalue weighted by Gasteiger charge is 2.15. The largest absolute Gasteiger partial charge is 0.490 e. The fourth-order valence-corrected chi connectivity index (χ4v) is 2.80. The third-order valence-electron chi connectivity index (χ3n) is 3.69. The van der Waals surface area contributed by atoms with Crippen LogP contribution in [-0.2, 0) is 6.61 Å². The maximum Gasteiger partial charge on any atom is 0.311 e. The molecule has 144 valence electrons. The van der Waals surface area contributed by atoms with Crippen LogP contribution in [0.4, 0.5) is 5.69 Å². The first kappa shape index (κ1) is 19.4. The number of hydrogen-bond acceptors (Lipinski definition) is 8. The van der Waals surface area contributed by atoms with E-state index in [-0.39, 0.29) is 18.0 Å². The number of hydrogen-bond donors (Lipinski definition) is 0. The van der Waals surface area contributed by atoms with Crippen LogP contribution in [0.5, 0.6) is 11.5 Å². The Hall–Kier alpha value is -3.40. The average Bonchev–Trinajstić information content (AvgIpc) is 3.13. The molecule has 0 aliphatic heterocycles. The molecule has 0 aliphatic carbocycles. The van der Waals surface area contributed by atoms with Crippen LogP contribution in [-0.4, -0.2) is 39.4 Å². The molecule has 9 nitrogen and oxygen atoms in total. The van der Waals surface area contributed by atoms with Gasteiger partial charge in [-0.25, -0.2) is 0 Å². The summed E-state index contributed by atoms with van der Waals surface area (Å²) in [6.07, 6.45) is 3.36. The highest BCUT2D eigenvalue weighted by molar-refractivity contribution is 7.98. The Morgan fingerprint density at radius 3 is 2.71 bits per heavy atom. The fourth-order valence-electron chi connectivity index (χ4n) is 2.35. The van der Waals surface area contributed by atoms with Crippen molar-refractivity contribution < 1.29 is 14.4 Å². The molecule has 0 unspecified atom stereocenters. The maximum absolute atomic E-state index is 11.2. The van der Waals surface area contributed by atoms with E-state index in [9.17, 15) is 10.1 Å². The molecule has 0 N–H and O–H groups in total. The van der Waals surface area contributed by atoms with Gasteiger partial charge in [-0.05, 0) is 30.5 Å². The first-order valence-electron chi connectivity index (χ1n) is 8.15. The Kier molecular flexibility index (Phi) is 6.22. The quantitative estimate of drug-likeness (QED) is 0.247. The van der Waals surface area contributed by atoms with E-state index < -0.39 is 4.92 Å². The van der Waals surface area contributed by atoms with Crippen LogP contribution in [0, 0.1) is 10.1 Å². The fraction of sp³-hybridized carbons (Fsp3) is 0.167. The van der Waals surface area contributed by atoms with E-state index in [1.54, 1.807) is 10.7 Å². The number of nitro benzene ring substituents is 1. The summed E-state index contributed by atoms with van der Waals surface area (Å²) in [4.78, 5) is 10.7. The first-order valence-corrected chi connectivity index (χ1v) is 9.37. The number of aromatic nitrogens is 3. The summed E-state index contributed by atoms with van der Waals surface area (Å²) in [6, 6.07) is 13.9. The Bertz CT molecular complexity index is 991. The lowest BCUT2D eigenvalue weighted by atomic mass is 10.2. The van der Waals surface area contributed by atoms with Crippen molar-refractivity contribution in [2.24, 2.45) is 5.10 Å². The molecule has 2 aromatic carbocycles. The van der Waals surface area contributed by atoms with Crippen molar-refractivity contribution in [1.29, 1.82) is 0 Å². The van der Waals surface area contributed by atoms with Crippen LogP contribution in [0.2, 0.25) is 0 Å². The van der Waals surface area contributed by atoms with Crippen LogP contribution in [0.25, 0.3) is 0 Å². The topological polar surface area (TPSA) is 105 Å². The third kappa shape index (κ3) is 4.46. The minimum Gasteiger partial charge on any atom is -0.490 e. The Balaban J connectivity index is 1.84. The second kappa shape index (κ2) is 9.00. The lowest BCUT2D eigenvalue weighted by molar-refractivity contribution is -0.385. The minimum atomic E-state index is -0.499. The van der Waals surface area contributed by atoms with Crippen molar-refractivity contribution in [3.63, 3.8) is 0 Å². The molecular weight excluding hydrogens is 382 g/mol. The van der Waals surface area contributed by atoms with E-state index in [1.807, 2.05) is 36.6 Å². The van der Waals surface area contributed by atoms with Gasteiger partial charge in [-0.15, -0.1) is 10.2 Å². The predicted molar refractivity (Wildman–Crippen MR) is 105 cm³/mol. The van der Waals surface area contributed by atoms with Gasteiger partial charge in [0.25, 0.3) is 0 Å². The monoisotopic (exact) mass is 399 g/mol. The molecule has 0 spiro atoms. The summed E-state index contributed by atoms with van der Waals surface area (Å²) in [6.45, 7) is 0.178. The molecule has 0 saturated heterocycles. The van der Waals surface area contributed by atoms with Gasteiger partial charge in [0.1, 0.15) is 12.4 Å². The number of rotatable bonds is 8. The predicted octanol–water partition coefficient (Wildman–Crippen LogP) is 3.38. The standard InChI is InChI=1S/C18H17N5O4S/c1-26-16-9-8-13(10-15(16)23(24)25)11-19-22-17(20-21-18(22)28-2)12-27-14-6-4-3-5-7-14/h3-11H,12H2,1-2H3/b19-11-. The molecule has 0 radical (unpaired) electrons. The number of nitrogens with zero attached hydrogens (tertiary/aromatic N) is 5. The third-order valence-corrected chi connectivity index (χ3v) is 4.31. The molecule has 0 bridgehead atoms. The zero-order valence-electron chi connectivity index (χ0n) is 15.2. The van der Waals surface area contributed by atoms with Gasteiger partial charge in [-0.2, -0.15) is 9.78 Å². The van der Waals surface area contributed by atoms with Gasteiger partial charge in [0, 0.05) is 11.6 Å². The van der Waals surface area contributed by atoms with Gasteiger partial charge >= 0.3 is 5.69 Å². The van der Waals surface area contributed by atoms with Crippen LogP contribution in [0.3, 0.4) is 0 Å². The van der Waals surface area contributed by atoms with Crippen molar-refractivity contribution in [2.45, 2.75) is 11.8 Å². The number of nitro groups is 1. The van der Waals surface area contributed by atoms with E-state index in [4.69, 9.17) is 9.47 Å². The molecule has 1 heterocycles. The first-order chi connectivity index (χ1) is 13.6. The van der Waals surface area contributed by atoms with Crippen LogP contribution >= 0.6 is 11.8 Å². The van der Waals surface area contributed by atoms with Gasteiger partial charge in [-0.3, -0.25) is 10.1 Å². The SMILES string of the molecule is COc1ccc(/C=N\n2c(COc3ccccc3)nnc2SC)cc1[N+](=O)[O-]. The molecule has 0 aliphatic rings. The second-order valence-corrected chi connectivity index (χ2v) is 6.22. The molecule has 3 aromatic rings. The normalized spacial score (nSPS) is 10.9. The average molecular weight is 399 g/mol. The maximum atomic E-state index is 11.2. The summed E-state index contributed by atoms with van der Waals surface area (Å²) in [5, 5.41) is 24.3. The molecule has 28 heavy (non-hydrogen) atoms. The highest BCUT2D eigenvalue weighted by atomic mass is 32.2. The van der Waals surface area contributed by atoms with Crippen molar-refractivity contribution in [3.8, 4) is 11.5 Å². The molecule has 0 fully saturated rings.